The number of para-hydroxylation sites is 1. The van der Waals surface area contributed by atoms with E-state index in [1.165, 1.54) is 0 Å². The van der Waals surface area contributed by atoms with Crippen LogP contribution in [0.5, 0.6) is 5.75 Å². The average molecular weight is 447 g/mol. The third-order valence-corrected chi connectivity index (χ3v) is 6.43. The molecule has 33 heavy (non-hydrogen) atoms. The van der Waals surface area contributed by atoms with Crippen molar-refractivity contribution in [2.24, 2.45) is 5.92 Å². The number of benzene rings is 2. The maximum Gasteiger partial charge on any atom is 0.241 e. The highest BCUT2D eigenvalue weighted by Gasteiger charge is 2.36. The summed E-state index contributed by atoms with van der Waals surface area (Å²) in [6.07, 6.45) is 2.60. The minimum absolute atomic E-state index is 0.0443. The summed E-state index contributed by atoms with van der Waals surface area (Å²) in [6, 6.07) is 17.7. The van der Waals surface area contributed by atoms with E-state index < -0.39 is 0 Å². The third-order valence-electron chi connectivity index (χ3n) is 6.43. The van der Waals surface area contributed by atoms with Gasteiger partial charge in [-0.1, -0.05) is 53.7 Å². The van der Waals surface area contributed by atoms with E-state index in [9.17, 15) is 4.79 Å². The molecule has 1 aromatic heterocycles. The molecule has 3 heterocycles. The minimum Gasteiger partial charge on any atom is -0.487 e. The first-order chi connectivity index (χ1) is 16.0. The van der Waals surface area contributed by atoms with Crippen molar-refractivity contribution in [3.8, 4) is 17.1 Å². The van der Waals surface area contributed by atoms with Crippen molar-refractivity contribution in [1.29, 1.82) is 0 Å². The molecule has 0 spiro atoms. The normalized spacial score (nSPS) is 22.2. The van der Waals surface area contributed by atoms with E-state index in [1.54, 1.807) is 0 Å². The van der Waals surface area contributed by atoms with Gasteiger partial charge in [-0.15, -0.1) is 0 Å². The van der Waals surface area contributed by atoms with E-state index in [4.69, 9.17) is 9.26 Å². The van der Waals surface area contributed by atoms with Gasteiger partial charge in [0.2, 0.25) is 17.6 Å². The van der Waals surface area contributed by atoms with Gasteiger partial charge in [0.25, 0.3) is 0 Å². The highest BCUT2D eigenvalue weighted by atomic mass is 16.5. The van der Waals surface area contributed by atoms with Crippen molar-refractivity contribution in [3.63, 3.8) is 0 Å². The van der Waals surface area contributed by atoms with Crippen molar-refractivity contribution < 1.29 is 14.1 Å². The Morgan fingerprint density at radius 2 is 1.94 bits per heavy atom. The van der Waals surface area contributed by atoms with Crippen LogP contribution >= 0.6 is 0 Å². The molecule has 0 radical (unpaired) electrons. The van der Waals surface area contributed by atoms with Gasteiger partial charge in [0.1, 0.15) is 11.4 Å². The minimum atomic E-state index is -0.320. The van der Waals surface area contributed by atoms with Crippen LogP contribution in [0.1, 0.15) is 50.6 Å². The van der Waals surface area contributed by atoms with E-state index in [-0.39, 0.29) is 23.5 Å². The molecule has 3 aromatic rings. The summed E-state index contributed by atoms with van der Waals surface area (Å²) in [4.78, 5) is 20.0. The fourth-order valence-electron chi connectivity index (χ4n) is 4.85. The van der Waals surface area contributed by atoms with Crippen molar-refractivity contribution in [2.45, 2.75) is 51.3 Å². The van der Waals surface area contributed by atoms with Crippen LogP contribution in [0.2, 0.25) is 0 Å². The van der Waals surface area contributed by atoms with Crippen LogP contribution in [-0.4, -0.2) is 39.6 Å². The molecule has 1 fully saturated rings. The summed E-state index contributed by atoms with van der Waals surface area (Å²) in [7, 11) is 0. The lowest BCUT2D eigenvalue weighted by atomic mass is 9.88. The van der Waals surface area contributed by atoms with E-state index in [0.29, 0.717) is 24.8 Å². The Bertz CT molecular complexity index is 1110. The predicted octanol–water partition coefficient (Wildman–Crippen LogP) is 4.37. The summed E-state index contributed by atoms with van der Waals surface area (Å²) in [5, 5.41) is 7.43. The standard InChI is InChI=1S/C26H30N4O3/c1-26(2)15-21(20-12-6-7-13-22(20)32-26)27-25(31)19-11-8-14-30(16-19)17-23-28-24(29-33-23)18-9-4-3-5-10-18/h3-7,9-10,12-13,19,21H,8,11,14-17H2,1-2H3,(H,27,31). The number of rotatable bonds is 5. The zero-order valence-corrected chi connectivity index (χ0v) is 19.2. The molecule has 7 heteroatoms. The number of carbonyl (C=O) groups is 1. The smallest absolute Gasteiger partial charge is 0.241 e. The maximum absolute atomic E-state index is 13.2. The molecule has 7 nitrogen and oxygen atoms in total. The molecule has 1 N–H and O–H groups in total. The van der Waals surface area contributed by atoms with Crippen molar-refractivity contribution in [2.75, 3.05) is 13.1 Å². The van der Waals surface area contributed by atoms with Crippen molar-refractivity contribution >= 4 is 5.91 Å². The summed E-state index contributed by atoms with van der Waals surface area (Å²) in [6.45, 7) is 6.29. The van der Waals surface area contributed by atoms with Gasteiger partial charge >= 0.3 is 0 Å². The Balaban J connectivity index is 1.22. The number of fused-ring (bicyclic) bond motifs is 1. The molecule has 5 rings (SSSR count). The third kappa shape index (κ3) is 4.93. The van der Waals surface area contributed by atoms with Crippen LogP contribution in [0.4, 0.5) is 0 Å². The van der Waals surface area contributed by atoms with Gasteiger partial charge in [-0.3, -0.25) is 9.69 Å². The van der Waals surface area contributed by atoms with E-state index >= 15 is 0 Å². The van der Waals surface area contributed by atoms with Gasteiger partial charge in [-0.2, -0.15) is 4.98 Å². The van der Waals surface area contributed by atoms with Gasteiger partial charge in [0, 0.05) is 24.1 Å². The zero-order valence-electron chi connectivity index (χ0n) is 19.2. The van der Waals surface area contributed by atoms with Crippen LogP contribution < -0.4 is 10.1 Å². The SMILES string of the molecule is CC1(C)CC(NC(=O)C2CCCN(Cc3nc(-c4ccccc4)no3)C2)c2ccccc2O1. The molecule has 1 amide bonds. The lowest BCUT2D eigenvalue weighted by Crippen LogP contribution is -2.46. The van der Waals surface area contributed by atoms with Gasteiger partial charge < -0.3 is 14.6 Å². The molecule has 0 aliphatic carbocycles. The molecular formula is C26H30N4O3. The number of ether oxygens (including phenoxy) is 1. The Morgan fingerprint density at radius 3 is 2.79 bits per heavy atom. The van der Waals surface area contributed by atoms with Gasteiger partial charge in [0.05, 0.1) is 18.5 Å². The molecule has 2 aromatic carbocycles. The number of hydrogen-bond acceptors (Lipinski definition) is 6. The Hall–Kier alpha value is -3.19. The number of amides is 1. The lowest BCUT2D eigenvalue weighted by Gasteiger charge is -2.39. The van der Waals surface area contributed by atoms with Crippen molar-refractivity contribution in [1.82, 2.24) is 20.4 Å². The number of likely N-dealkylation sites (tertiary alicyclic amines) is 1. The molecule has 1 saturated heterocycles. The Labute approximate surface area is 194 Å². The van der Waals surface area contributed by atoms with Gasteiger partial charge in [-0.25, -0.2) is 0 Å². The topological polar surface area (TPSA) is 80.5 Å². The van der Waals surface area contributed by atoms with E-state index in [1.807, 2.05) is 54.6 Å². The molecule has 2 unspecified atom stereocenters. The first kappa shape index (κ1) is 21.6. The molecule has 2 atom stereocenters. The van der Waals surface area contributed by atoms with Crippen LogP contribution in [0.25, 0.3) is 11.4 Å². The Kier molecular flexibility index (Phi) is 5.89. The molecular weight excluding hydrogens is 416 g/mol. The molecule has 2 aliphatic heterocycles. The van der Waals surface area contributed by atoms with E-state index in [0.717, 1.165) is 42.7 Å². The highest BCUT2D eigenvalue weighted by Crippen LogP contribution is 2.39. The van der Waals surface area contributed by atoms with Crippen LogP contribution in [-0.2, 0) is 11.3 Å². The average Bonchev–Trinajstić information content (AvgIpc) is 3.27. The molecule has 2 aliphatic rings. The predicted molar refractivity (Wildman–Crippen MR) is 124 cm³/mol. The second-order valence-corrected chi connectivity index (χ2v) is 9.62. The molecule has 172 valence electrons. The van der Waals surface area contributed by atoms with Gasteiger partial charge in [0.15, 0.2) is 0 Å². The second kappa shape index (κ2) is 8.98. The fourth-order valence-corrected chi connectivity index (χ4v) is 4.85. The summed E-state index contributed by atoms with van der Waals surface area (Å²) >= 11 is 0. The lowest BCUT2D eigenvalue weighted by molar-refractivity contribution is -0.128. The van der Waals surface area contributed by atoms with Crippen LogP contribution in [0.3, 0.4) is 0 Å². The van der Waals surface area contributed by atoms with E-state index in [2.05, 4.69) is 34.2 Å². The summed E-state index contributed by atoms with van der Waals surface area (Å²) in [5.74, 6) is 2.07. The summed E-state index contributed by atoms with van der Waals surface area (Å²) < 4.78 is 11.6. The number of carbonyl (C=O) groups excluding carboxylic acids is 1. The quantitative estimate of drug-likeness (QED) is 0.627. The first-order valence-corrected chi connectivity index (χ1v) is 11.7. The summed E-state index contributed by atoms with van der Waals surface area (Å²) in [5.41, 5.74) is 1.67. The fraction of sp³-hybridized carbons (Fsp3) is 0.423. The maximum atomic E-state index is 13.2. The first-order valence-electron chi connectivity index (χ1n) is 11.7. The van der Waals surface area contributed by atoms with Crippen LogP contribution in [0.15, 0.2) is 59.1 Å². The Morgan fingerprint density at radius 1 is 1.15 bits per heavy atom. The monoisotopic (exact) mass is 446 g/mol. The molecule has 0 saturated carbocycles. The largest absolute Gasteiger partial charge is 0.487 e. The zero-order chi connectivity index (χ0) is 22.8. The number of piperidine rings is 1. The number of aromatic nitrogens is 2. The van der Waals surface area contributed by atoms with Crippen molar-refractivity contribution in [3.05, 3.63) is 66.1 Å². The molecule has 0 bridgehead atoms. The number of nitrogens with zero attached hydrogens (tertiary/aromatic N) is 3. The second-order valence-electron chi connectivity index (χ2n) is 9.62. The van der Waals surface area contributed by atoms with Crippen LogP contribution in [0, 0.1) is 5.92 Å². The number of hydrogen-bond donors (Lipinski definition) is 1. The highest BCUT2D eigenvalue weighted by molar-refractivity contribution is 5.79. The van der Waals surface area contributed by atoms with Gasteiger partial charge in [-0.05, 0) is 39.3 Å². The number of nitrogens with one attached hydrogen (secondary N) is 1.